The summed E-state index contributed by atoms with van der Waals surface area (Å²) in [6.07, 6.45) is 0. The molecule has 2 aromatic rings. The molecule has 98 valence electrons. The lowest BCUT2D eigenvalue weighted by molar-refractivity contribution is 0.0697. The Bertz CT molecular complexity index is 646. The topological polar surface area (TPSA) is 92.4 Å². The molecule has 0 saturated carbocycles. The Labute approximate surface area is 109 Å². The summed E-state index contributed by atoms with van der Waals surface area (Å²) < 4.78 is 4.80. The third kappa shape index (κ3) is 2.62. The van der Waals surface area contributed by atoms with Gasteiger partial charge < -0.3 is 14.9 Å². The summed E-state index contributed by atoms with van der Waals surface area (Å²) in [5.41, 5.74) is 0.978. The molecule has 1 aromatic heterocycles. The van der Waals surface area contributed by atoms with Crippen molar-refractivity contribution in [1.82, 2.24) is 5.16 Å². The monoisotopic (exact) mass is 260 g/mol. The average molecular weight is 260 g/mol. The summed E-state index contributed by atoms with van der Waals surface area (Å²) in [4.78, 5) is 23.1. The van der Waals surface area contributed by atoms with Crippen LogP contribution in [0.4, 0.5) is 5.69 Å². The Hall–Kier alpha value is -2.63. The van der Waals surface area contributed by atoms with E-state index in [0.717, 1.165) is 0 Å². The van der Waals surface area contributed by atoms with Crippen LogP contribution >= 0.6 is 0 Å². The third-order valence-corrected chi connectivity index (χ3v) is 2.60. The van der Waals surface area contributed by atoms with Gasteiger partial charge in [0.1, 0.15) is 5.76 Å². The average Bonchev–Trinajstić information content (AvgIpc) is 2.75. The molecule has 0 aliphatic rings. The van der Waals surface area contributed by atoms with Crippen LogP contribution in [0.3, 0.4) is 0 Å². The van der Waals surface area contributed by atoms with Gasteiger partial charge in [-0.3, -0.25) is 4.79 Å². The predicted octanol–water partition coefficient (Wildman–Crippen LogP) is 2.24. The largest absolute Gasteiger partial charge is 0.478 e. The second-order valence-electron chi connectivity index (χ2n) is 4.08. The first-order valence-corrected chi connectivity index (χ1v) is 5.56. The van der Waals surface area contributed by atoms with Crippen molar-refractivity contribution in [2.75, 3.05) is 5.32 Å². The van der Waals surface area contributed by atoms with Crippen LogP contribution in [0.2, 0.25) is 0 Å². The van der Waals surface area contributed by atoms with Gasteiger partial charge in [0.05, 0.1) is 11.3 Å². The van der Waals surface area contributed by atoms with Gasteiger partial charge in [-0.25, -0.2) is 4.79 Å². The SMILES string of the molecule is Cc1cc(C(=O)Nc2cccc(C)c2C(=O)O)no1. The van der Waals surface area contributed by atoms with E-state index in [4.69, 9.17) is 9.63 Å². The van der Waals surface area contributed by atoms with Crippen molar-refractivity contribution in [2.24, 2.45) is 0 Å². The van der Waals surface area contributed by atoms with Crippen LogP contribution in [0.1, 0.15) is 32.2 Å². The van der Waals surface area contributed by atoms with Crippen LogP contribution in [0.25, 0.3) is 0 Å². The summed E-state index contributed by atoms with van der Waals surface area (Å²) in [6.45, 7) is 3.33. The number of amides is 1. The van der Waals surface area contributed by atoms with Crippen molar-refractivity contribution in [3.8, 4) is 0 Å². The number of rotatable bonds is 3. The summed E-state index contributed by atoms with van der Waals surface area (Å²) in [5.74, 6) is -1.09. The molecule has 0 spiro atoms. The van der Waals surface area contributed by atoms with E-state index in [1.807, 2.05) is 0 Å². The maximum absolute atomic E-state index is 11.9. The van der Waals surface area contributed by atoms with Gasteiger partial charge >= 0.3 is 5.97 Å². The number of carboxylic acid groups (broad SMARTS) is 1. The summed E-state index contributed by atoms with van der Waals surface area (Å²) in [6, 6.07) is 6.34. The smallest absolute Gasteiger partial charge is 0.338 e. The molecule has 0 aliphatic carbocycles. The molecule has 1 amide bonds. The number of hydrogen-bond acceptors (Lipinski definition) is 4. The minimum absolute atomic E-state index is 0.0658. The molecule has 0 bridgehead atoms. The summed E-state index contributed by atoms with van der Waals surface area (Å²) >= 11 is 0. The molecular formula is C13H12N2O4. The van der Waals surface area contributed by atoms with E-state index in [1.165, 1.54) is 12.1 Å². The highest BCUT2D eigenvalue weighted by atomic mass is 16.5. The highest BCUT2D eigenvalue weighted by Gasteiger charge is 2.17. The molecule has 0 radical (unpaired) electrons. The number of carboxylic acids is 1. The van der Waals surface area contributed by atoms with Crippen LogP contribution in [0.15, 0.2) is 28.8 Å². The molecule has 0 unspecified atom stereocenters. The Morgan fingerprint density at radius 3 is 2.63 bits per heavy atom. The van der Waals surface area contributed by atoms with Gasteiger partial charge in [-0.05, 0) is 25.5 Å². The van der Waals surface area contributed by atoms with Gasteiger partial charge in [0.15, 0.2) is 5.69 Å². The highest BCUT2D eigenvalue weighted by Crippen LogP contribution is 2.20. The van der Waals surface area contributed by atoms with E-state index in [0.29, 0.717) is 11.3 Å². The number of carbonyl (C=O) groups is 2. The first-order valence-electron chi connectivity index (χ1n) is 5.56. The molecule has 6 nitrogen and oxygen atoms in total. The number of aromatic nitrogens is 1. The van der Waals surface area contributed by atoms with Crippen molar-refractivity contribution < 1.29 is 19.2 Å². The van der Waals surface area contributed by atoms with Gasteiger partial charge in [-0.15, -0.1) is 0 Å². The zero-order chi connectivity index (χ0) is 14.0. The molecule has 0 aliphatic heterocycles. The van der Waals surface area contributed by atoms with Crippen LogP contribution in [-0.4, -0.2) is 22.1 Å². The van der Waals surface area contributed by atoms with E-state index in [2.05, 4.69) is 10.5 Å². The first kappa shape index (κ1) is 12.8. The first-order chi connectivity index (χ1) is 8.99. The van der Waals surface area contributed by atoms with Crippen LogP contribution in [-0.2, 0) is 0 Å². The lowest BCUT2D eigenvalue weighted by Crippen LogP contribution is -2.15. The number of anilines is 1. The van der Waals surface area contributed by atoms with E-state index in [1.54, 1.807) is 26.0 Å². The maximum Gasteiger partial charge on any atom is 0.338 e. The van der Waals surface area contributed by atoms with E-state index < -0.39 is 11.9 Å². The molecule has 0 atom stereocenters. The van der Waals surface area contributed by atoms with Gasteiger partial charge in [-0.1, -0.05) is 17.3 Å². The standard InChI is InChI=1S/C13H12N2O4/c1-7-4-3-5-9(11(7)13(17)18)14-12(16)10-6-8(2)19-15-10/h3-6H,1-2H3,(H,14,16)(H,17,18). The van der Waals surface area contributed by atoms with Crippen LogP contribution < -0.4 is 5.32 Å². The lowest BCUT2D eigenvalue weighted by Gasteiger charge is -2.09. The zero-order valence-corrected chi connectivity index (χ0v) is 10.4. The van der Waals surface area contributed by atoms with E-state index in [-0.39, 0.29) is 16.9 Å². The fraction of sp³-hybridized carbons (Fsp3) is 0.154. The number of aromatic carboxylic acids is 1. The molecule has 1 heterocycles. The number of benzene rings is 1. The fourth-order valence-corrected chi connectivity index (χ4v) is 1.72. The van der Waals surface area contributed by atoms with Crippen molar-refractivity contribution in [3.63, 3.8) is 0 Å². The van der Waals surface area contributed by atoms with Crippen LogP contribution in [0.5, 0.6) is 0 Å². The minimum atomic E-state index is -1.09. The van der Waals surface area contributed by atoms with Crippen LogP contribution in [0, 0.1) is 13.8 Å². The Morgan fingerprint density at radius 1 is 1.32 bits per heavy atom. The van der Waals surface area contributed by atoms with Gasteiger partial charge in [-0.2, -0.15) is 0 Å². The Kier molecular flexibility index (Phi) is 3.33. The van der Waals surface area contributed by atoms with Gasteiger partial charge in [0, 0.05) is 6.07 Å². The predicted molar refractivity (Wildman–Crippen MR) is 67.3 cm³/mol. The quantitative estimate of drug-likeness (QED) is 0.882. The molecule has 6 heteroatoms. The molecular weight excluding hydrogens is 248 g/mol. The number of carbonyl (C=O) groups excluding carboxylic acids is 1. The zero-order valence-electron chi connectivity index (χ0n) is 10.4. The van der Waals surface area contributed by atoms with Crippen molar-refractivity contribution in [2.45, 2.75) is 13.8 Å². The third-order valence-electron chi connectivity index (χ3n) is 2.60. The van der Waals surface area contributed by atoms with Crippen molar-refractivity contribution >= 4 is 17.6 Å². The maximum atomic E-state index is 11.9. The van der Waals surface area contributed by atoms with Crippen molar-refractivity contribution in [3.05, 3.63) is 46.8 Å². The lowest BCUT2D eigenvalue weighted by atomic mass is 10.1. The number of nitrogens with zero attached hydrogens (tertiary/aromatic N) is 1. The molecule has 19 heavy (non-hydrogen) atoms. The van der Waals surface area contributed by atoms with E-state index in [9.17, 15) is 9.59 Å². The highest BCUT2D eigenvalue weighted by molar-refractivity contribution is 6.07. The van der Waals surface area contributed by atoms with Gasteiger partial charge in [0.25, 0.3) is 5.91 Å². The molecule has 2 N–H and O–H groups in total. The number of nitrogens with one attached hydrogen (secondary N) is 1. The molecule has 0 saturated heterocycles. The Balaban J connectivity index is 2.31. The molecule has 1 aromatic carbocycles. The molecule has 0 fully saturated rings. The minimum Gasteiger partial charge on any atom is -0.478 e. The summed E-state index contributed by atoms with van der Waals surface area (Å²) in [7, 11) is 0. The normalized spacial score (nSPS) is 10.2. The van der Waals surface area contributed by atoms with Gasteiger partial charge in [0.2, 0.25) is 0 Å². The van der Waals surface area contributed by atoms with E-state index >= 15 is 0 Å². The molecule has 2 rings (SSSR count). The second kappa shape index (κ2) is 4.93. The number of hydrogen-bond donors (Lipinski definition) is 2. The number of aryl methyl sites for hydroxylation is 2. The fourth-order valence-electron chi connectivity index (χ4n) is 1.72. The Morgan fingerprint density at radius 2 is 2.05 bits per heavy atom. The van der Waals surface area contributed by atoms with Crippen molar-refractivity contribution in [1.29, 1.82) is 0 Å². The second-order valence-corrected chi connectivity index (χ2v) is 4.08. The summed E-state index contributed by atoms with van der Waals surface area (Å²) in [5, 5.41) is 15.2.